The molecule has 3 aromatic carbocycles. The smallest absolute Gasteiger partial charge is 0.275 e. The fourth-order valence-electron chi connectivity index (χ4n) is 3.59. The molecule has 4 rings (SSSR count). The number of aromatic nitrogens is 2. The minimum atomic E-state index is -0.0568. The van der Waals surface area contributed by atoms with E-state index in [1.165, 1.54) is 10.9 Å². The molecule has 0 N–H and O–H groups in total. The molecular formula is C23H23N3O2. The molecule has 0 saturated heterocycles. The lowest BCUT2D eigenvalue weighted by atomic mass is 10.1. The summed E-state index contributed by atoms with van der Waals surface area (Å²) in [6.45, 7) is 3.10. The lowest BCUT2D eigenvalue weighted by Gasteiger charge is -2.18. The maximum atomic E-state index is 12.8. The third kappa shape index (κ3) is 3.49. The summed E-state index contributed by atoms with van der Waals surface area (Å²) in [6.07, 6.45) is 0. The number of methoxy groups -OCH3 is 1. The third-order valence-corrected chi connectivity index (χ3v) is 4.99. The van der Waals surface area contributed by atoms with Gasteiger partial charge >= 0.3 is 0 Å². The molecule has 0 radical (unpaired) electrons. The van der Waals surface area contributed by atoms with Gasteiger partial charge < -0.3 is 4.74 Å². The van der Waals surface area contributed by atoms with Gasteiger partial charge in [-0.1, -0.05) is 36.4 Å². The van der Waals surface area contributed by atoms with Crippen molar-refractivity contribution >= 4 is 21.5 Å². The number of ether oxygens (including phenoxy) is 1. The van der Waals surface area contributed by atoms with Crippen LogP contribution in [-0.2, 0) is 13.2 Å². The van der Waals surface area contributed by atoms with Crippen molar-refractivity contribution in [1.29, 1.82) is 0 Å². The number of fused-ring (bicyclic) bond motifs is 2. The van der Waals surface area contributed by atoms with Crippen LogP contribution in [0.25, 0.3) is 21.5 Å². The van der Waals surface area contributed by atoms with E-state index in [4.69, 9.17) is 4.74 Å². The minimum absolute atomic E-state index is 0.0568. The van der Waals surface area contributed by atoms with Gasteiger partial charge in [-0.05, 0) is 54.6 Å². The van der Waals surface area contributed by atoms with Crippen molar-refractivity contribution in [3.8, 4) is 5.75 Å². The van der Waals surface area contributed by atoms with Gasteiger partial charge in [-0.15, -0.1) is 0 Å². The minimum Gasteiger partial charge on any atom is -0.497 e. The molecular weight excluding hydrogens is 350 g/mol. The van der Waals surface area contributed by atoms with E-state index < -0.39 is 0 Å². The Bertz CT molecular complexity index is 1210. The number of rotatable bonds is 5. The van der Waals surface area contributed by atoms with Crippen molar-refractivity contribution in [3.63, 3.8) is 0 Å². The normalized spacial score (nSPS) is 11.4. The predicted molar refractivity (Wildman–Crippen MR) is 113 cm³/mol. The van der Waals surface area contributed by atoms with Gasteiger partial charge in [0.15, 0.2) is 0 Å². The molecule has 0 saturated carbocycles. The van der Waals surface area contributed by atoms with Crippen LogP contribution in [0.2, 0.25) is 0 Å². The Balaban J connectivity index is 1.57. The quantitative estimate of drug-likeness (QED) is 0.531. The van der Waals surface area contributed by atoms with Gasteiger partial charge in [0.25, 0.3) is 5.56 Å². The van der Waals surface area contributed by atoms with Crippen LogP contribution in [0.4, 0.5) is 0 Å². The molecule has 4 aromatic rings. The van der Waals surface area contributed by atoms with Crippen molar-refractivity contribution < 1.29 is 4.74 Å². The van der Waals surface area contributed by atoms with E-state index in [1.54, 1.807) is 11.8 Å². The molecule has 1 aromatic heterocycles. The maximum Gasteiger partial charge on any atom is 0.275 e. The molecule has 0 aliphatic rings. The fourth-order valence-corrected chi connectivity index (χ4v) is 3.59. The van der Waals surface area contributed by atoms with Crippen LogP contribution in [0, 0.1) is 6.92 Å². The molecule has 0 amide bonds. The number of nitrogens with zero attached hydrogens (tertiary/aromatic N) is 3. The maximum absolute atomic E-state index is 12.8. The van der Waals surface area contributed by atoms with Crippen molar-refractivity contribution in [2.45, 2.75) is 20.1 Å². The highest BCUT2D eigenvalue weighted by atomic mass is 16.5. The number of hydrogen-bond acceptors (Lipinski definition) is 4. The summed E-state index contributed by atoms with van der Waals surface area (Å²) < 4.78 is 6.83. The Kier molecular flexibility index (Phi) is 4.84. The summed E-state index contributed by atoms with van der Waals surface area (Å²) in [4.78, 5) is 14.9. The molecule has 28 heavy (non-hydrogen) atoms. The first-order chi connectivity index (χ1) is 13.5. The van der Waals surface area contributed by atoms with E-state index >= 15 is 0 Å². The number of benzene rings is 3. The van der Waals surface area contributed by atoms with E-state index in [9.17, 15) is 4.79 Å². The van der Waals surface area contributed by atoms with Gasteiger partial charge in [0, 0.05) is 11.9 Å². The SMILES string of the molecule is COc1ccc2cc(CN(C)Cn3nc(C)c4ccccc4c3=O)ccc2c1. The Hall–Kier alpha value is -3.18. The average molecular weight is 373 g/mol. The van der Waals surface area contributed by atoms with E-state index in [-0.39, 0.29) is 5.56 Å². The van der Waals surface area contributed by atoms with Gasteiger partial charge in [0.2, 0.25) is 0 Å². The molecule has 142 valence electrons. The van der Waals surface area contributed by atoms with Gasteiger partial charge in [0.05, 0.1) is 24.9 Å². The molecule has 0 spiro atoms. The van der Waals surface area contributed by atoms with Crippen LogP contribution in [0.1, 0.15) is 11.3 Å². The fraction of sp³-hybridized carbons (Fsp3) is 0.217. The monoisotopic (exact) mass is 373 g/mol. The average Bonchev–Trinajstić information content (AvgIpc) is 2.71. The Morgan fingerprint density at radius 2 is 1.71 bits per heavy atom. The summed E-state index contributed by atoms with van der Waals surface area (Å²) in [6, 6.07) is 20.1. The molecule has 0 aliphatic carbocycles. The first-order valence-corrected chi connectivity index (χ1v) is 9.27. The summed E-state index contributed by atoms with van der Waals surface area (Å²) in [5.41, 5.74) is 1.99. The second-order valence-electron chi connectivity index (χ2n) is 7.14. The first-order valence-electron chi connectivity index (χ1n) is 9.27. The molecule has 0 fully saturated rings. The van der Waals surface area contributed by atoms with E-state index in [2.05, 4.69) is 34.3 Å². The van der Waals surface area contributed by atoms with Crippen LogP contribution in [0.15, 0.2) is 65.5 Å². The first kappa shape index (κ1) is 18.2. The Morgan fingerprint density at radius 3 is 2.50 bits per heavy atom. The zero-order valence-corrected chi connectivity index (χ0v) is 16.3. The lowest BCUT2D eigenvalue weighted by molar-refractivity contribution is 0.240. The zero-order chi connectivity index (χ0) is 19.7. The van der Waals surface area contributed by atoms with Crippen LogP contribution in [-0.4, -0.2) is 28.8 Å². The van der Waals surface area contributed by atoms with E-state index in [0.29, 0.717) is 12.1 Å². The van der Waals surface area contributed by atoms with Gasteiger partial charge in [-0.2, -0.15) is 5.10 Å². The molecule has 5 nitrogen and oxygen atoms in total. The Labute approximate surface area is 163 Å². The molecule has 5 heteroatoms. The number of aryl methyl sites for hydroxylation is 1. The van der Waals surface area contributed by atoms with Crippen molar-refractivity contribution in [2.24, 2.45) is 0 Å². The van der Waals surface area contributed by atoms with Crippen molar-refractivity contribution in [1.82, 2.24) is 14.7 Å². The molecule has 0 bridgehead atoms. The van der Waals surface area contributed by atoms with Gasteiger partial charge in [0.1, 0.15) is 5.75 Å². The van der Waals surface area contributed by atoms with E-state index in [0.717, 1.165) is 28.8 Å². The molecule has 0 unspecified atom stereocenters. The number of hydrogen-bond donors (Lipinski definition) is 0. The second-order valence-corrected chi connectivity index (χ2v) is 7.14. The highest BCUT2D eigenvalue weighted by molar-refractivity contribution is 5.84. The highest BCUT2D eigenvalue weighted by Crippen LogP contribution is 2.22. The predicted octanol–water partition coefficient (Wildman–Crippen LogP) is 3.96. The van der Waals surface area contributed by atoms with Gasteiger partial charge in [-0.3, -0.25) is 9.69 Å². The van der Waals surface area contributed by atoms with Crippen LogP contribution in [0.5, 0.6) is 5.75 Å². The summed E-state index contributed by atoms with van der Waals surface area (Å²) in [7, 11) is 3.67. The largest absolute Gasteiger partial charge is 0.497 e. The van der Waals surface area contributed by atoms with Crippen molar-refractivity contribution in [2.75, 3.05) is 14.2 Å². The third-order valence-electron chi connectivity index (χ3n) is 4.99. The Morgan fingerprint density at radius 1 is 1.00 bits per heavy atom. The molecule has 0 atom stereocenters. The van der Waals surface area contributed by atoms with Crippen LogP contribution in [0.3, 0.4) is 0 Å². The van der Waals surface area contributed by atoms with Crippen LogP contribution >= 0.6 is 0 Å². The zero-order valence-electron chi connectivity index (χ0n) is 16.3. The molecule has 0 aliphatic heterocycles. The topological polar surface area (TPSA) is 47.4 Å². The summed E-state index contributed by atoms with van der Waals surface area (Å²) in [5, 5.41) is 8.44. The lowest BCUT2D eigenvalue weighted by Crippen LogP contribution is -2.32. The van der Waals surface area contributed by atoms with Gasteiger partial charge in [-0.25, -0.2) is 4.68 Å². The summed E-state index contributed by atoms with van der Waals surface area (Å²) >= 11 is 0. The molecule has 1 heterocycles. The highest BCUT2D eigenvalue weighted by Gasteiger charge is 2.10. The summed E-state index contributed by atoms with van der Waals surface area (Å²) in [5.74, 6) is 0.856. The second kappa shape index (κ2) is 7.44. The van der Waals surface area contributed by atoms with E-state index in [1.807, 2.05) is 50.4 Å². The standard InChI is InChI=1S/C23H23N3O2/c1-16-21-6-4-5-7-22(21)23(27)26(24-16)15-25(2)14-17-8-9-19-13-20(28-3)11-10-18(19)12-17/h4-13H,14-15H2,1-3H3. The van der Waals surface area contributed by atoms with Crippen molar-refractivity contribution in [3.05, 3.63) is 82.3 Å². The van der Waals surface area contributed by atoms with Crippen LogP contribution < -0.4 is 10.3 Å².